The highest BCUT2D eigenvalue weighted by Gasteiger charge is 2.04. The zero-order valence-corrected chi connectivity index (χ0v) is 12.9. The molecule has 0 aromatic rings. The molecule has 3 heteroatoms. The van der Waals surface area contributed by atoms with Crippen LogP contribution >= 0.6 is 0 Å². The molecule has 0 rings (SSSR count). The highest BCUT2D eigenvalue weighted by molar-refractivity contribution is 6.36. The number of hydrogen-bond acceptors (Lipinski definition) is 2. The predicted molar refractivity (Wildman–Crippen MR) is 73.8 cm³/mol. The summed E-state index contributed by atoms with van der Waals surface area (Å²) in [4.78, 5) is 0. The first-order chi connectivity index (χ1) is 7.85. The summed E-state index contributed by atoms with van der Waals surface area (Å²) in [6.07, 6.45) is 11.3. The molecule has 0 aromatic heterocycles. The van der Waals surface area contributed by atoms with E-state index in [4.69, 9.17) is 9.47 Å². The Bertz CT molecular complexity index is 127. The van der Waals surface area contributed by atoms with Gasteiger partial charge in [-0.05, 0) is 0 Å². The molecule has 0 aliphatic heterocycles. The van der Waals surface area contributed by atoms with Crippen LogP contribution < -0.4 is 0 Å². The van der Waals surface area contributed by atoms with E-state index >= 15 is 0 Å². The van der Waals surface area contributed by atoms with Crippen LogP contribution in [-0.4, -0.2) is 29.7 Å². The monoisotopic (exact) mass is 246 g/mol. The van der Waals surface area contributed by atoms with E-state index in [9.17, 15) is 0 Å². The third-order valence-corrected chi connectivity index (χ3v) is 5.12. The fraction of sp³-hybridized carbons (Fsp3) is 1.00. The van der Waals surface area contributed by atoms with Gasteiger partial charge in [0.05, 0.1) is 9.52 Å². The Balaban J connectivity index is 3.03. The topological polar surface area (TPSA) is 18.5 Å². The molecule has 0 aliphatic carbocycles. The lowest BCUT2D eigenvalue weighted by atomic mass is 10.1. The van der Waals surface area contributed by atoms with Gasteiger partial charge in [-0.25, -0.2) is 0 Å². The van der Waals surface area contributed by atoms with Crippen molar-refractivity contribution < 1.29 is 9.47 Å². The van der Waals surface area contributed by atoms with Gasteiger partial charge in [0.2, 0.25) is 0 Å². The van der Waals surface area contributed by atoms with Crippen molar-refractivity contribution in [2.75, 3.05) is 14.2 Å². The Labute approximate surface area is 104 Å². The smallest absolute Gasteiger partial charge is 0.134 e. The summed E-state index contributed by atoms with van der Waals surface area (Å²) in [5, 5.41) is 0. The van der Waals surface area contributed by atoms with E-state index in [1.165, 1.54) is 57.4 Å². The minimum Gasteiger partial charge on any atom is -0.360 e. The van der Waals surface area contributed by atoms with E-state index in [1.54, 1.807) is 14.2 Å². The van der Waals surface area contributed by atoms with E-state index in [0.29, 0.717) is 0 Å². The number of unbranched alkanes of at least 4 members (excludes halogenated alkanes) is 7. The largest absolute Gasteiger partial charge is 0.360 e. The fourth-order valence-electron chi connectivity index (χ4n) is 1.95. The van der Waals surface area contributed by atoms with E-state index in [-0.39, 0.29) is 15.4 Å². The molecule has 0 atom stereocenters. The van der Waals surface area contributed by atoms with E-state index in [2.05, 4.69) is 6.92 Å². The second-order valence-electron chi connectivity index (χ2n) is 4.52. The molecule has 0 unspecified atom stereocenters. The maximum absolute atomic E-state index is 5.21. The van der Waals surface area contributed by atoms with E-state index < -0.39 is 0 Å². The van der Waals surface area contributed by atoms with Crippen LogP contribution in [0, 0.1) is 0 Å². The highest BCUT2D eigenvalue weighted by atomic mass is 28.2. The second-order valence-corrected chi connectivity index (χ2v) is 6.47. The van der Waals surface area contributed by atoms with Gasteiger partial charge in [-0.2, -0.15) is 0 Å². The van der Waals surface area contributed by atoms with Gasteiger partial charge >= 0.3 is 0 Å². The predicted octanol–water partition coefficient (Wildman–Crippen LogP) is 3.29. The Hall–Kier alpha value is 0.137. The number of methoxy groups -OCH3 is 2. The summed E-state index contributed by atoms with van der Waals surface area (Å²) in [5.74, 6) is 0.143. The first kappa shape index (κ1) is 16.1. The second kappa shape index (κ2) is 13.2. The highest BCUT2D eigenvalue weighted by Crippen LogP contribution is 2.10. The maximum atomic E-state index is 5.21. The van der Waals surface area contributed by atoms with Crippen LogP contribution in [-0.2, 0) is 9.47 Å². The number of rotatable bonds is 12. The molecule has 0 heterocycles. The molecule has 2 nitrogen and oxygen atoms in total. The zero-order valence-electron chi connectivity index (χ0n) is 11.5. The first-order valence-electron chi connectivity index (χ1n) is 6.90. The minimum atomic E-state index is -0.167. The third kappa shape index (κ3) is 10.6. The Morgan fingerprint density at radius 2 is 1.31 bits per heavy atom. The average molecular weight is 246 g/mol. The summed E-state index contributed by atoms with van der Waals surface area (Å²) in [6.45, 7) is 2.27. The molecule has 0 spiro atoms. The SMILES string of the molecule is CCCCCCCCCC[SiH2]C(OC)OC. The van der Waals surface area contributed by atoms with Gasteiger partial charge in [-0.15, -0.1) is 0 Å². The normalized spacial score (nSPS) is 12.0. The van der Waals surface area contributed by atoms with Crippen LogP contribution in [0.5, 0.6) is 0 Å². The molecule has 0 bridgehead atoms. The summed E-state index contributed by atoms with van der Waals surface area (Å²) >= 11 is 0. The molecule has 0 saturated carbocycles. The van der Waals surface area contributed by atoms with Gasteiger partial charge in [0.15, 0.2) is 0 Å². The van der Waals surface area contributed by atoms with E-state index in [0.717, 1.165) is 0 Å². The van der Waals surface area contributed by atoms with Crippen LogP contribution in [0.1, 0.15) is 58.3 Å². The van der Waals surface area contributed by atoms with Gasteiger partial charge in [0.1, 0.15) is 5.91 Å². The van der Waals surface area contributed by atoms with Crippen molar-refractivity contribution >= 4 is 9.52 Å². The first-order valence-corrected chi connectivity index (χ1v) is 8.72. The molecule has 0 saturated heterocycles. The van der Waals surface area contributed by atoms with Crippen molar-refractivity contribution in [1.82, 2.24) is 0 Å². The molecule has 0 aliphatic rings. The third-order valence-electron chi connectivity index (χ3n) is 3.07. The van der Waals surface area contributed by atoms with Crippen molar-refractivity contribution in [3.05, 3.63) is 0 Å². The molecule has 0 radical (unpaired) electrons. The maximum Gasteiger partial charge on any atom is 0.134 e. The van der Waals surface area contributed by atoms with Crippen molar-refractivity contribution in [1.29, 1.82) is 0 Å². The van der Waals surface area contributed by atoms with Gasteiger partial charge in [-0.1, -0.05) is 64.3 Å². The van der Waals surface area contributed by atoms with Crippen molar-refractivity contribution in [2.24, 2.45) is 0 Å². The molecule has 0 aromatic carbocycles. The van der Waals surface area contributed by atoms with E-state index in [1.807, 2.05) is 0 Å². The Kier molecular flexibility index (Phi) is 13.3. The molecule has 0 amide bonds. The fourth-order valence-corrected chi connectivity index (χ4v) is 3.40. The summed E-state index contributed by atoms with van der Waals surface area (Å²) < 4.78 is 10.4. The molecular weight excluding hydrogens is 216 g/mol. The van der Waals surface area contributed by atoms with Gasteiger partial charge in [0, 0.05) is 14.2 Å². The molecule has 16 heavy (non-hydrogen) atoms. The summed E-state index contributed by atoms with van der Waals surface area (Å²) in [7, 11) is 3.32. The lowest BCUT2D eigenvalue weighted by Gasteiger charge is -2.12. The van der Waals surface area contributed by atoms with Gasteiger partial charge in [-0.3, -0.25) is 0 Å². The molecule has 98 valence electrons. The molecule has 0 fully saturated rings. The Morgan fingerprint density at radius 1 is 0.812 bits per heavy atom. The van der Waals surface area contributed by atoms with Crippen LogP contribution in [0.15, 0.2) is 0 Å². The average Bonchev–Trinajstić information content (AvgIpc) is 2.32. The van der Waals surface area contributed by atoms with Crippen molar-refractivity contribution in [3.8, 4) is 0 Å². The number of hydrogen-bond donors (Lipinski definition) is 0. The Morgan fingerprint density at radius 3 is 1.81 bits per heavy atom. The number of ether oxygens (including phenoxy) is 2. The van der Waals surface area contributed by atoms with Crippen molar-refractivity contribution in [3.63, 3.8) is 0 Å². The van der Waals surface area contributed by atoms with Crippen LogP contribution in [0.2, 0.25) is 6.04 Å². The summed E-state index contributed by atoms with van der Waals surface area (Å²) in [6, 6.07) is 1.36. The minimum absolute atomic E-state index is 0.143. The lowest BCUT2D eigenvalue weighted by Crippen LogP contribution is -2.20. The summed E-state index contributed by atoms with van der Waals surface area (Å²) in [5.41, 5.74) is 0. The van der Waals surface area contributed by atoms with Crippen LogP contribution in [0.25, 0.3) is 0 Å². The van der Waals surface area contributed by atoms with Crippen LogP contribution in [0.4, 0.5) is 0 Å². The lowest BCUT2D eigenvalue weighted by molar-refractivity contribution is -0.0441. The van der Waals surface area contributed by atoms with Crippen molar-refractivity contribution in [2.45, 2.75) is 70.2 Å². The van der Waals surface area contributed by atoms with Gasteiger partial charge in [0.25, 0.3) is 0 Å². The van der Waals surface area contributed by atoms with Crippen LogP contribution in [0.3, 0.4) is 0 Å². The van der Waals surface area contributed by atoms with Gasteiger partial charge < -0.3 is 9.47 Å². The zero-order chi connectivity index (χ0) is 12.1. The quantitative estimate of drug-likeness (QED) is 0.299. The standard InChI is InChI=1S/C13H30O2Si/c1-4-5-6-7-8-9-10-11-12-16-13(14-2)15-3/h13H,4-12,16H2,1-3H3. The molecular formula is C13H30O2Si. The molecule has 0 N–H and O–H groups in total.